The second-order valence-electron chi connectivity index (χ2n) is 8.44. The van der Waals surface area contributed by atoms with Crippen LogP contribution in [0.1, 0.15) is 45.4 Å². The molecular weight excluding hydrogens is 359 g/mol. The predicted molar refractivity (Wildman–Crippen MR) is 107 cm³/mol. The van der Waals surface area contributed by atoms with Gasteiger partial charge in [-0.1, -0.05) is 18.9 Å². The Balaban J connectivity index is 1.49. The van der Waals surface area contributed by atoms with Crippen molar-refractivity contribution < 1.29 is 14.0 Å². The molecule has 1 aromatic rings. The number of carbonyl (C=O) groups excluding carboxylic acids is 2. The Labute approximate surface area is 166 Å². The number of halogens is 1. The molecule has 4 N–H and O–H groups in total. The summed E-state index contributed by atoms with van der Waals surface area (Å²) in [6, 6.07) is 5.42. The van der Waals surface area contributed by atoms with Crippen LogP contribution in [0, 0.1) is 17.7 Å². The molecule has 1 aromatic carbocycles. The smallest absolute Gasteiger partial charge is 0.319 e. The van der Waals surface area contributed by atoms with Crippen molar-refractivity contribution in [1.82, 2.24) is 10.2 Å². The molecule has 1 aliphatic carbocycles. The molecule has 6 nitrogen and oxygen atoms in total. The van der Waals surface area contributed by atoms with Gasteiger partial charge in [-0.25, -0.2) is 9.18 Å². The fourth-order valence-corrected chi connectivity index (χ4v) is 4.39. The molecule has 0 bridgehead atoms. The minimum atomic E-state index is -0.425. The molecule has 0 radical (unpaired) electrons. The fraction of sp³-hybridized carbons (Fsp3) is 0.619. The number of anilines is 1. The lowest BCUT2D eigenvalue weighted by molar-refractivity contribution is -0.140. The number of hydrogen-bond donors (Lipinski definition) is 3. The van der Waals surface area contributed by atoms with Crippen molar-refractivity contribution in [2.24, 2.45) is 17.6 Å². The summed E-state index contributed by atoms with van der Waals surface area (Å²) >= 11 is 0. The maximum absolute atomic E-state index is 13.2. The molecule has 2 fully saturated rings. The zero-order valence-electron chi connectivity index (χ0n) is 16.5. The van der Waals surface area contributed by atoms with Gasteiger partial charge in [0, 0.05) is 30.9 Å². The maximum atomic E-state index is 13.2. The average molecular weight is 391 g/mol. The number of nitrogens with two attached hydrogens (primary N) is 1. The van der Waals surface area contributed by atoms with E-state index < -0.39 is 11.4 Å². The molecule has 3 amide bonds. The highest BCUT2D eigenvalue weighted by Crippen LogP contribution is 2.33. The predicted octanol–water partition coefficient (Wildman–Crippen LogP) is 3.09. The summed E-state index contributed by atoms with van der Waals surface area (Å²) in [5.74, 6) is -0.125. The zero-order valence-corrected chi connectivity index (χ0v) is 16.5. The van der Waals surface area contributed by atoms with E-state index in [1.165, 1.54) is 12.1 Å². The van der Waals surface area contributed by atoms with Gasteiger partial charge in [0.15, 0.2) is 0 Å². The Bertz CT molecular complexity index is 709. The standard InChI is InChI=1S/C21H31FN4O2/c1-21(23)10-3-2-9-18(21)19(27)26-11-5-6-15(14-26)13-24-20(28)25-17-8-4-7-16(22)12-17/h4,7-8,12,15,18H,2-3,5-6,9-11,13-14,23H2,1H3,(H2,24,25,28). The van der Waals surface area contributed by atoms with E-state index in [2.05, 4.69) is 10.6 Å². The van der Waals surface area contributed by atoms with Crippen molar-refractivity contribution >= 4 is 17.6 Å². The Kier molecular flexibility index (Phi) is 6.54. The SMILES string of the molecule is CC1(N)CCCCC1C(=O)N1CCCC(CNC(=O)Nc2cccc(F)c2)C1. The highest BCUT2D eigenvalue weighted by Gasteiger charge is 2.40. The van der Waals surface area contributed by atoms with Gasteiger partial charge in [-0.05, 0) is 56.7 Å². The van der Waals surface area contributed by atoms with Crippen LogP contribution in [0.25, 0.3) is 0 Å². The molecule has 3 rings (SSSR count). The van der Waals surface area contributed by atoms with E-state index in [4.69, 9.17) is 5.73 Å². The number of likely N-dealkylation sites (tertiary alicyclic amines) is 1. The molecule has 1 saturated heterocycles. The van der Waals surface area contributed by atoms with Crippen LogP contribution in [0.3, 0.4) is 0 Å². The molecule has 3 atom stereocenters. The first kappa shape index (κ1) is 20.6. The van der Waals surface area contributed by atoms with Crippen molar-refractivity contribution in [3.8, 4) is 0 Å². The van der Waals surface area contributed by atoms with Crippen LogP contribution >= 0.6 is 0 Å². The summed E-state index contributed by atoms with van der Waals surface area (Å²) in [5, 5.41) is 5.47. The number of amides is 3. The number of carbonyl (C=O) groups is 2. The highest BCUT2D eigenvalue weighted by molar-refractivity contribution is 5.89. The normalized spacial score (nSPS) is 27.9. The lowest BCUT2D eigenvalue weighted by atomic mass is 9.73. The number of nitrogens with one attached hydrogen (secondary N) is 2. The highest BCUT2D eigenvalue weighted by atomic mass is 19.1. The molecule has 0 aromatic heterocycles. The average Bonchev–Trinajstić information content (AvgIpc) is 2.66. The first-order valence-electron chi connectivity index (χ1n) is 10.2. The molecule has 154 valence electrons. The number of benzene rings is 1. The van der Waals surface area contributed by atoms with E-state index in [-0.39, 0.29) is 23.8 Å². The largest absolute Gasteiger partial charge is 0.342 e. The number of rotatable bonds is 4. The third-order valence-electron chi connectivity index (χ3n) is 6.02. The van der Waals surface area contributed by atoms with Gasteiger partial charge in [0.05, 0.1) is 5.92 Å². The minimum Gasteiger partial charge on any atom is -0.342 e. The zero-order chi connectivity index (χ0) is 20.1. The molecule has 1 saturated carbocycles. The monoisotopic (exact) mass is 390 g/mol. The van der Waals surface area contributed by atoms with Crippen LogP contribution in [-0.4, -0.2) is 42.0 Å². The van der Waals surface area contributed by atoms with E-state index in [1.807, 2.05) is 11.8 Å². The minimum absolute atomic E-state index is 0.107. The molecule has 7 heteroatoms. The molecule has 0 spiro atoms. The Hall–Kier alpha value is -2.15. The Morgan fingerprint density at radius 1 is 1.29 bits per heavy atom. The van der Waals surface area contributed by atoms with Crippen LogP contribution in [0.5, 0.6) is 0 Å². The van der Waals surface area contributed by atoms with E-state index in [9.17, 15) is 14.0 Å². The van der Waals surface area contributed by atoms with Gasteiger partial charge in [-0.2, -0.15) is 0 Å². The van der Waals surface area contributed by atoms with Crippen molar-refractivity contribution in [2.75, 3.05) is 25.0 Å². The summed E-state index contributed by atoms with van der Waals surface area (Å²) in [7, 11) is 0. The van der Waals surface area contributed by atoms with Gasteiger partial charge in [-0.3, -0.25) is 4.79 Å². The number of nitrogens with zero attached hydrogens (tertiary/aromatic N) is 1. The summed E-state index contributed by atoms with van der Waals surface area (Å²) in [6.45, 7) is 3.88. The fourth-order valence-electron chi connectivity index (χ4n) is 4.39. The van der Waals surface area contributed by atoms with Crippen molar-refractivity contribution in [3.05, 3.63) is 30.1 Å². The molecule has 2 aliphatic rings. The lowest BCUT2D eigenvalue weighted by Gasteiger charge is -2.42. The molecule has 1 aliphatic heterocycles. The van der Waals surface area contributed by atoms with E-state index in [0.29, 0.717) is 18.8 Å². The first-order valence-corrected chi connectivity index (χ1v) is 10.2. The maximum Gasteiger partial charge on any atom is 0.319 e. The lowest BCUT2D eigenvalue weighted by Crippen LogP contribution is -2.55. The quantitative estimate of drug-likeness (QED) is 0.738. The van der Waals surface area contributed by atoms with Crippen molar-refractivity contribution in [2.45, 2.75) is 51.0 Å². The van der Waals surface area contributed by atoms with Crippen LogP contribution in [0.4, 0.5) is 14.9 Å². The third-order valence-corrected chi connectivity index (χ3v) is 6.02. The van der Waals surface area contributed by atoms with Gasteiger partial charge in [-0.15, -0.1) is 0 Å². The Morgan fingerprint density at radius 2 is 2.11 bits per heavy atom. The van der Waals surface area contributed by atoms with Gasteiger partial charge in [0.2, 0.25) is 5.91 Å². The van der Waals surface area contributed by atoms with Crippen LogP contribution in [0.2, 0.25) is 0 Å². The molecular formula is C21H31FN4O2. The molecule has 3 unspecified atom stereocenters. The second-order valence-corrected chi connectivity index (χ2v) is 8.44. The summed E-state index contributed by atoms with van der Waals surface area (Å²) in [4.78, 5) is 27.0. The van der Waals surface area contributed by atoms with E-state index in [0.717, 1.165) is 45.1 Å². The number of urea groups is 1. The van der Waals surface area contributed by atoms with Gasteiger partial charge >= 0.3 is 6.03 Å². The summed E-state index contributed by atoms with van der Waals surface area (Å²) in [5.41, 5.74) is 6.40. The number of hydrogen-bond acceptors (Lipinski definition) is 3. The van der Waals surface area contributed by atoms with Crippen LogP contribution in [0.15, 0.2) is 24.3 Å². The van der Waals surface area contributed by atoms with Crippen molar-refractivity contribution in [3.63, 3.8) is 0 Å². The van der Waals surface area contributed by atoms with Gasteiger partial charge in [0.1, 0.15) is 5.82 Å². The van der Waals surface area contributed by atoms with E-state index in [1.54, 1.807) is 12.1 Å². The molecule has 1 heterocycles. The number of piperidine rings is 1. The third kappa shape index (κ3) is 5.22. The summed E-state index contributed by atoms with van der Waals surface area (Å²) < 4.78 is 13.2. The van der Waals surface area contributed by atoms with Crippen molar-refractivity contribution in [1.29, 1.82) is 0 Å². The summed E-state index contributed by atoms with van der Waals surface area (Å²) in [6.07, 6.45) is 5.79. The van der Waals surface area contributed by atoms with Gasteiger partial charge < -0.3 is 21.3 Å². The molecule has 28 heavy (non-hydrogen) atoms. The van der Waals surface area contributed by atoms with Gasteiger partial charge in [0.25, 0.3) is 0 Å². The van der Waals surface area contributed by atoms with Crippen LogP contribution < -0.4 is 16.4 Å². The van der Waals surface area contributed by atoms with Crippen LogP contribution in [-0.2, 0) is 4.79 Å². The second kappa shape index (κ2) is 8.90. The van der Waals surface area contributed by atoms with E-state index >= 15 is 0 Å². The Morgan fingerprint density at radius 3 is 2.86 bits per heavy atom. The first-order chi connectivity index (χ1) is 13.3. The topological polar surface area (TPSA) is 87.5 Å².